The van der Waals surface area contributed by atoms with Gasteiger partial charge in [0, 0.05) is 12.7 Å². The molecule has 2 atom stereocenters. The number of carbonyl (C=O) groups excluding carboxylic acids is 1. The Bertz CT molecular complexity index is 835. The maximum Gasteiger partial charge on any atom is 0.188 e. The third kappa shape index (κ3) is 9.65. The summed E-state index contributed by atoms with van der Waals surface area (Å²) in [7, 11) is 3.21. The molecule has 2 aromatic carbocycles. The molecule has 33 heavy (non-hydrogen) atoms. The first kappa shape index (κ1) is 26.4. The Kier molecular flexibility index (Phi) is 12.0. The molecular formula is C26H35NO6. The Morgan fingerprint density at radius 3 is 2.09 bits per heavy atom. The lowest BCUT2D eigenvalue weighted by Crippen LogP contribution is -2.39. The van der Waals surface area contributed by atoms with Crippen molar-refractivity contribution in [3.05, 3.63) is 71.9 Å². The van der Waals surface area contributed by atoms with Crippen LogP contribution in [0.5, 0.6) is 11.5 Å². The number of rotatable bonds is 16. The minimum absolute atomic E-state index is 0.0395. The topological polar surface area (TPSA) is 86.3 Å². The van der Waals surface area contributed by atoms with Crippen LogP contribution in [0.2, 0.25) is 0 Å². The predicted molar refractivity (Wildman–Crippen MR) is 127 cm³/mol. The molecule has 2 rings (SSSR count). The predicted octanol–water partition coefficient (Wildman–Crippen LogP) is 3.64. The average molecular weight is 458 g/mol. The Morgan fingerprint density at radius 1 is 0.970 bits per heavy atom. The van der Waals surface area contributed by atoms with Gasteiger partial charge in [-0.3, -0.25) is 4.79 Å². The van der Waals surface area contributed by atoms with Crippen molar-refractivity contribution in [2.75, 3.05) is 27.4 Å². The summed E-state index contributed by atoms with van der Waals surface area (Å²) in [5, 5.41) is 13.8. The quantitative estimate of drug-likeness (QED) is 0.294. The van der Waals surface area contributed by atoms with E-state index in [4.69, 9.17) is 18.9 Å². The number of unbranched alkanes of at least 4 members (excludes halogenated alkanes) is 1. The number of benzene rings is 2. The SMILES string of the molecule is CCCCN/C=C/C(=O)[C@H](OCc1ccc(OC)cc1)[C@H](O)COCc1ccc(OC)cc1. The van der Waals surface area contributed by atoms with Crippen molar-refractivity contribution in [3.8, 4) is 11.5 Å². The largest absolute Gasteiger partial charge is 0.497 e. The van der Waals surface area contributed by atoms with E-state index in [1.807, 2.05) is 48.5 Å². The van der Waals surface area contributed by atoms with Gasteiger partial charge in [-0.1, -0.05) is 37.6 Å². The minimum atomic E-state index is -1.12. The van der Waals surface area contributed by atoms with E-state index in [0.29, 0.717) is 6.61 Å². The Morgan fingerprint density at radius 2 is 1.55 bits per heavy atom. The van der Waals surface area contributed by atoms with Crippen LogP contribution < -0.4 is 14.8 Å². The number of aliphatic hydroxyl groups is 1. The highest BCUT2D eigenvalue weighted by atomic mass is 16.5. The lowest BCUT2D eigenvalue weighted by atomic mass is 10.1. The van der Waals surface area contributed by atoms with Crippen LogP contribution in [0, 0.1) is 0 Å². The van der Waals surface area contributed by atoms with Gasteiger partial charge in [0.1, 0.15) is 23.7 Å². The molecule has 0 radical (unpaired) electrons. The van der Waals surface area contributed by atoms with E-state index in [2.05, 4.69) is 12.2 Å². The number of ketones is 1. The Balaban J connectivity index is 1.94. The van der Waals surface area contributed by atoms with Crippen LogP contribution in [0.15, 0.2) is 60.8 Å². The van der Waals surface area contributed by atoms with E-state index in [1.54, 1.807) is 20.4 Å². The van der Waals surface area contributed by atoms with Gasteiger partial charge >= 0.3 is 0 Å². The summed E-state index contributed by atoms with van der Waals surface area (Å²) >= 11 is 0. The molecular weight excluding hydrogens is 422 g/mol. The number of hydrogen-bond acceptors (Lipinski definition) is 7. The minimum Gasteiger partial charge on any atom is -0.497 e. The first-order chi connectivity index (χ1) is 16.1. The molecule has 0 saturated heterocycles. The fourth-order valence-electron chi connectivity index (χ4n) is 3.00. The van der Waals surface area contributed by atoms with Crippen molar-refractivity contribution in [2.45, 2.75) is 45.2 Å². The summed E-state index contributed by atoms with van der Waals surface area (Å²) < 4.78 is 21.8. The zero-order chi connectivity index (χ0) is 23.9. The molecule has 0 aliphatic rings. The third-order valence-corrected chi connectivity index (χ3v) is 4.98. The van der Waals surface area contributed by atoms with Gasteiger partial charge in [-0.25, -0.2) is 0 Å². The van der Waals surface area contributed by atoms with Crippen LogP contribution in [-0.4, -0.2) is 50.5 Å². The summed E-state index contributed by atoms with van der Waals surface area (Å²) in [5.41, 5.74) is 1.80. The molecule has 0 saturated carbocycles. The van der Waals surface area contributed by atoms with E-state index < -0.39 is 12.2 Å². The van der Waals surface area contributed by atoms with Crippen LogP contribution in [-0.2, 0) is 27.5 Å². The maximum absolute atomic E-state index is 12.7. The second kappa shape index (κ2) is 15.1. The fourth-order valence-corrected chi connectivity index (χ4v) is 3.00. The van der Waals surface area contributed by atoms with E-state index in [0.717, 1.165) is 42.0 Å². The lowest BCUT2D eigenvalue weighted by Gasteiger charge is -2.21. The summed E-state index contributed by atoms with van der Waals surface area (Å²) in [4.78, 5) is 12.7. The second-order valence-electron chi connectivity index (χ2n) is 7.55. The van der Waals surface area contributed by atoms with Crippen molar-refractivity contribution in [1.29, 1.82) is 0 Å². The molecule has 0 aromatic heterocycles. The first-order valence-corrected chi connectivity index (χ1v) is 11.1. The number of hydrogen-bond donors (Lipinski definition) is 2. The molecule has 0 aliphatic carbocycles. The van der Waals surface area contributed by atoms with Crippen molar-refractivity contribution in [3.63, 3.8) is 0 Å². The lowest BCUT2D eigenvalue weighted by molar-refractivity contribution is -0.139. The molecule has 7 heteroatoms. The van der Waals surface area contributed by atoms with Crippen molar-refractivity contribution >= 4 is 5.78 Å². The highest BCUT2D eigenvalue weighted by molar-refractivity contribution is 5.94. The van der Waals surface area contributed by atoms with Crippen LogP contribution in [0.25, 0.3) is 0 Å². The zero-order valence-electron chi connectivity index (χ0n) is 19.7. The van der Waals surface area contributed by atoms with E-state index in [1.165, 1.54) is 6.08 Å². The summed E-state index contributed by atoms with van der Waals surface area (Å²) in [5.74, 6) is 1.17. The molecule has 0 spiro atoms. The highest BCUT2D eigenvalue weighted by Gasteiger charge is 2.26. The highest BCUT2D eigenvalue weighted by Crippen LogP contribution is 2.15. The number of nitrogens with one attached hydrogen (secondary N) is 1. The molecule has 180 valence electrons. The van der Waals surface area contributed by atoms with Crippen LogP contribution >= 0.6 is 0 Å². The molecule has 0 bridgehead atoms. The van der Waals surface area contributed by atoms with E-state index in [-0.39, 0.29) is 19.0 Å². The monoisotopic (exact) mass is 457 g/mol. The molecule has 0 unspecified atom stereocenters. The summed E-state index contributed by atoms with van der Waals surface area (Å²) in [6, 6.07) is 14.8. The normalized spacial score (nSPS) is 13.0. The van der Waals surface area contributed by atoms with Crippen LogP contribution in [0.3, 0.4) is 0 Å². The summed E-state index contributed by atoms with van der Waals surface area (Å²) in [6.45, 7) is 3.32. The number of ether oxygens (including phenoxy) is 4. The van der Waals surface area contributed by atoms with Crippen molar-refractivity contribution in [2.24, 2.45) is 0 Å². The smallest absolute Gasteiger partial charge is 0.188 e. The fraction of sp³-hybridized carbons (Fsp3) is 0.423. The zero-order valence-corrected chi connectivity index (χ0v) is 19.7. The van der Waals surface area contributed by atoms with Gasteiger partial charge in [0.15, 0.2) is 5.78 Å². The van der Waals surface area contributed by atoms with Crippen LogP contribution in [0.4, 0.5) is 0 Å². The Hall–Kier alpha value is -2.87. The molecule has 2 aromatic rings. The third-order valence-electron chi connectivity index (χ3n) is 4.98. The van der Waals surface area contributed by atoms with Gasteiger partial charge in [-0.15, -0.1) is 0 Å². The van der Waals surface area contributed by atoms with E-state index >= 15 is 0 Å². The number of methoxy groups -OCH3 is 2. The first-order valence-electron chi connectivity index (χ1n) is 11.1. The number of carbonyl (C=O) groups is 1. The van der Waals surface area contributed by atoms with Gasteiger partial charge in [0.2, 0.25) is 0 Å². The molecule has 0 amide bonds. The standard InChI is InChI=1S/C26H35NO6/c1-4-5-15-27-16-14-24(28)26(33-18-21-8-12-23(31-3)13-9-21)25(29)19-32-17-20-6-10-22(30-2)11-7-20/h6-14,16,25-27,29H,4-5,15,17-19H2,1-3H3/b16-14+/t25-,26+/m1/s1. The molecule has 2 N–H and O–H groups in total. The van der Waals surface area contributed by atoms with E-state index in [9.17, 15) is 9.90 Å². The Labute approximate surface area is 196 Å². The van der Waals surface area contributed by atoms with Gasteiger partial charge in [-0.05, 0) is 47.9 Å². The van der Waals surface area contributed by atoms with Crippen molar-refractivity contribution in [1.82, 2.24) is 5.32 Å². The molecule has 0 aliphatic heterocycles. The van der Waals surface area contributed by atoms with Gasteiger partial charge in [0.05, 0.1) is 34.0 Å². The van der Waals surface area contributed by atoms with Crippen LogP contribution in [0.1, 0.15) is 30.9 Å². The van der Waals surface area contributed by atoms with Gasteiger partial charge in [0.25, 0.3) is 0 Å². The van der Waals surface area contributed by atoms with Crippen molar-refractivity contribution < 1.29 is 28.8 Å². The molecule has 0 fully saturated rings. The summed E-state index contributed by atoms with van der Waals surface area (Å²) in [6.07, 6.45) is 2.92. The average Bonchev–Trinajstić information content (AvgIpc) is 2.85. The molecule has 0 heterocycles. The number of aliphatic hydroxyl groups excluding tert-OH is 1. The molecule has 7 nitrogen and oxygen atoms in total. The maximum atomic E-state index is 12.7. The van der Waals surface area contributed by atoms with Gasteiger partial charge in [-0.2, -0.15) is 0 Å². The van der Waals surface area contributed by atoms with Gasteiger partial charge < -0.3 is 29.4 Å². The second-order valence-corrected chi connectivity index (χ2v) is 7.55.